The molecule has 1 fully saturated rings. The summed E-state index contributed by atoms with van der Waals surface area (Å²) in [6, 6.07) is 9.07. The first-order valence-electron chi connectivity index (χ1n) is 5.60. The van der Waals surface area contributed by atoms with Gasteiger partial charge < -0.3 is 5.32 Å². The zero-order valence-electron chi connectivity index (χ0n) is 9.39. The van der Waals surface area contributed by atoms with Gasteiger partial charge >= 0.3 is 0 Å². The molecule has 0 saturated heterocycles. The average Bonchev–Trinajstić information content (AvgIpc) is 2.50. The maximum absolute atomic E-state index is 3.64. The third-order valence-electron chi connectivity index (χ3n) is 3.44. The lowest BCUT2D eigenvalue weighted by atomic mass is 9.87. The van der Waals surface area contributed by atoms with E-state index in [9.17, 15) is 0 Å². The van der Waals surface area contributed by atoms with Crippen LogP contribution >= 0.6 is 15.9 Å². The van der Waals surface area contributed by atoms with Crippen molar-refractivity contribution in [2.45, 2.75) is 39.2 Å². The van der Waals surface area contributed by atoms with Crippen LogP contribution in [0.2, 0.25) is 0 Å². The lowest BCUT2D eigenvalue weighted by Gasteiger charge is -2.28. The number of hydrogen-bond acceptors (Lipinski definition) is 1. The minimum Gasteiger partial charge on any atom is -0.382 e. The van der Waals surface area contributed by atoms with Crippen molar-refractivity contribution < 1.29 is 0 Å². The Balaban J connectivity index is 2.06. The van der Waals surface area contributed by atoms with Gasteiger partial charge in [-0.3, -0.25) is 0 Å². The van der Waals surface area contributed by atoms with Crippen LogP contribution < -0.4 is 5.32 Å². The van der Waals surface area contributed by atoms with E-state index in [2.05, 4.69) is 59.4 Å². The second-order valence-corrected chi connectivity index (χ2v) is 6.00. The van der Waals surface area contributed by atoms with Gasteiger partial charge in [-0.25, -0.2) is 0 Å². The SMILES string of the molecule is CC1(C)CCCC1Nc1ccc(Br)cc1. The molecule has 2 heteroatoms. The van der Waals surface area contributed by atoms with Crippen molar-refractivity contribution >= 4 is 21.6 Å². The van der Waals surface area contributed by atoms with Crippen molar-refractivity contribution in [1.29, 1.82) is 0 Å². The smallest absolute Gasteiger partial charge is 0.0343 e. The van der Waals surface area contributed by atoms with E-state index in [1.807, 2.05) is 0 Å². The summed E-state index contributed by atoms with van der Waals surface area (Å²) in [6.07, 6.45) is 3.98. The van der Waals surface area contributed by atoms with Crippen LogP contribution in [0.3, 0.4) is 0 Å². The summed E-state index contributed by atoms with van der Waals surface area (Å²) in [5.41, 5.74) is 1.67. The molecule has 0 aromatic heterocycles. The predicted molar refractivity (Wildman–Crippen MR) is 69.2 cm³/mol. The van der Waals surface area contributed by atoms with Gasteiger partial charge in [0.2, 0.25) is 0 Å². The molecule has 1 N–H and O–H groups in total. The molecule has 1 nitrogen and oxygen atoms in total. The zero-order valence-corrected chi connectivity index (χ0v) is 11.0. The molecule has 1 aromatic carbocycles. The number of halogens is 1. The largest absolute Gasteiger partial charge is 0.382 e. The summed E-state index contributed by atoms with van der Waals surface area (Å²) >= 11 is 3.45. The topological polar surface area (TPSA) is 12.0 Å². The van der Waals surface area contributed by atoms with E-state index in [0.717, 1.165) is 4.47 Å². The molecular weight excluding hydrogens is 250 g/mol. The Kier molecular flexibility index (Phi) is 3.06. The fourth-order valence-electron chi connectivity index (χ4n) is 2.34. The summed E-state index contributed by atoms with van der Waals surface area (Å²) < 4.78 is 1.14. The lowest BCUT2D eigenvalue weighted by molar-refractivity contribution is 0.350. The maximum atomic E-state index is 3.64. The molecule has 1 atom stereocenters. The standard InChI is InChI=1S/C13H18BrN/c1-13(2)9-3-4-12(13)15-11-7-5-10(14)6-8-11/h5-8,12,15H,3-4,9H2,1-2H3. The van der Waals surface area contributed by atoms with Gasteiger partial charge in [-0.15, -0.1) is 0 Å². The molecule has 1 saturated carbocycles. The molecule has 0 spiro atoms. The molecule has 0 bridgehead atoms. The third kappa shape index (κ3) is 2.54. The Morgan fingerprint density at radius 1 is 1.27 bits per heavy atom. The molecule has 2 rings (SSSR count). The highest BCUT2D eigenvalue weighted by Gasteiger charge is 2.34. The highest BCUT2D eigenvalue weighted by atomic mass is 79.9. The van der Waals surface area contributed by atoms with Gasteiger partial charge in [0.1, 0.15) is 0 Å². The van der Waals surface area contributed by atoms with Crippen molar-refractivity contribution in [2.24, 2.45) is 5.41 Å². The van der Waals surface area contributed by atoms with Gasteiger partial charge in [-0.2, -0.15) is 0 Å². The molecule has 1 aromatic rings. The summed E-state index contributed by atoms with van der Waals surface area (Å²) in [5.74, 6) is 0. The van der Waals surface area contributed by atoms with E-state index in [0.29, 0.717) is 11.5 Å². The minimum absolute atomic E-state index is 0.438. The number of nitrogens with one attached hydrogen (secondary N) is 1. The van der Waals surface area contributed by atoms with Crippen molar-refractivity contribution in [3.05, 3.63) is 28.7 Å². The van der Waals surface area contributed by atoms with Crippen molar-refractivity contribution in [3.63, 3.8) is 0 Å². The normalized spacial score (nSPS) is 24.1. The van der Waals surface area contributed by atoms with Gasteiger partial charge in [0, 0.05) is 16.2 Å². The third-order valence-corrected chi connectivity index (χ3v) is 3.97. The molecule has 0 heterocycles. The number of rotatable bonds is 2. The van der Waals surface area contributed by atoms with Gasteiger partial charge in [0.05, 0.1) is 0 Å². The van der Waals surface area contributed by atoms with Crippen LogP contribution in [-0.2, 0) is 0 Å². The summed E-state index contributed by atoms with van der Waals surface area (Å²) in [4.78, 5) is 0. The van der Waals surface area contributed by atoms with E-state index < -0.39 is 0 Å². The molecule has 0 radical (unpaired) electrons. The molecule has 0 aliphatic heterocycles. The second-order valence-electron chi connectivity index (χ2n) is 5.08. The summed E-state index contributed by atoms with van der Waals surface area (Å²) in [5, 5.41) is 3.64. The van der Waals surface area contributed by atoms with Gasteiger partial charge in [-0.05, 0) is 42.5 Å². The van der Waals surface area contributed by atoms with Crippen molar-refractivity contribution in [3.8, 4) is 0 Å². The summed E-state index contributed by atoms with van der Waals surface area (Å²) in [7, 11) is 0. The van der Waals surface area contributed by atoms with Crippen LogP contribution in [0.15, 0.2) is 28.7 Å². The molecule has 1 aliphatic rings. The Hall–Kier alpha value is -0.500. The first-order chi connectivity index (χ1) is 7.08. The van der Waals surface area contributed by atoms with E-state index >= 15 is 0 Å². The van der Waals surface area contributed by atoms with Gasteiger partial charge in [0.15, 0.2) is 0 Å². The van der Waals surface area contributed by atoms with Gasteiger partial charge in [-0.1, -0.05) is 36.2 Å². The van der Waals surface area contributed by atoms with Crippen molar-refractivity contribution in [1.82, 2.24) is 0 Å². The molecule has 1 aliphatic carbocycles. The van der Waals surface area contributed by atoms with Crippen LogP contribution in [0.1, 0.15) is 33.1 Å². The molecule has 15 heavy (non-hydrogen) atoms. The van der Waals surface area contributed by atoms with E-state index in [1.54, 1.807) is 0 Å². The number of hydrogen-bond donors (Lipinski definition) is 1. The average molecular weight is 268 g/mol. The maximum Gasteiger partial charge on any atom is 0.0343 e. The second kappa shape index (κ2) is 4.17. The Bertz CT molecular complexity index is 329. The minimum atomic E-state index is 0.438. The first-order valence-corrected chi connectivity index (χ1v) is 6.39. The van der Waals surface area contributed by atoms with E-state index in [4.69, 9.17) is 0 Å². The monoisotopic (exact) mass is 267 g/mol. The highest BCUT2D eigenvalue weighted by molar-refractivity contribution is 9.10. The Labute approximate surface area is 100 Å². The molecule has 0 amide bonds. The number of benzene rings is 1. The van der Waals surface area contributed by atoms with E-state index in [-0.39, 0.29) is 0 Å². The Morgan fingerprint density at radius 3 is 2.47 bits per heavy atom. The van der Waals surface area contributed by atoms with E-state index in [1.165, 1.54) is 24.9 Å². The molecular formula is C13H18BrN. The number of anilines is 1. The van der Waals surface area contributed by atoms with Crippen LogP contribution in [0.25, 0.3) is 0 Å². The van der Waals surface area contributed by atoms with Gasteiger partial charge in [0.25, 0.3) is 0 Å². The summed E-state index contributed by atoms with van der Waals surface area (Å²) in [6.45, 7) is 4.72. The van der Waals surface area contributed by atoms with Crippen LogP contribution in [0, 0.1) is 5.41 Å². The van der Waals surface area contributed by atoms with Crippen LogP contribution in [-0.4, -0.2) is 6.04 Å². The fourth-order valence-corrected chi connectivity index (χ4v) is 2.61. The lowest BCUT2D eigenvalue weighted by Crippen LogP contribution is -2.30. The van der Waals surface area contributed by atoms with Crippen LogP contribution in [0.5, 0.6) is 0 Å². The van der Waals surface area contributed by atoms with Crippen LogP contribution in [0.4, 0.5) is 5.69 Å². The predicted octanol–water partition coefficient (Wildman–Crippen LogP) is 4.44. The first kappa shape index (κ1) is 11.0. The zero-order chi connectivity index (χ0) is 10.9. The quantitative estimate of drug-likeness (QED) is 0.836. The Morgan fingerprint density at radius 2 is 1.93 bits per heavy atom. The highest BCUT2D eigenvalue weighted by Crippen LogP contribution is 2.39. The molecule has 82 valence electrons. The fraction of sp³-hybridized carbons (Fsp3) is 0.538. The molecule has 1 unspecified atom stereocenters. The van der Waals surface area contributed by atoms with Crippen molar-refractivity contribution in [2.75, 3.05) is 5.32 Å².